The van der Waals surface area contributed by atoms with Crippen molar-refractivity contribution in [3.05, 3.63) is 106 Å². The first-order valence-electron chi connectivity index (χ1n) is 12.2. The third-order valence-corrected chi connectivity index (χ3v) is 7.81. The van der Waals surface area contributed by atoms with E-state index >= 15 is 0 Å². The van der Waals surface area contributed by atoms with Gasteiger partial charge < -0.3 is 0 Å². The third kappa shape index (κ3) is 4.27. The summed E-state index contributed by atoms with van der Waals surface area (Å²) in [6.45, 7) is 11.4. The molecule has 2 nitrogen and oxygen atoms in total. The van der Waals surface area contributed by atoms with Crippen molar-refractivity contribution >= 4 is 0 Å². The van der Waals surface area contributed by atoms with Crippen LogP contribution in [-0.4, -0.2) is 41.5 Å². The third-order valence-electron chi connectivity index (χ3n) is 7.81. The minimum atomic E-state index is 0.404. The Morgan fingerprint density at radius 2 is 1.41 bits per heavy atom. The molecule has 0 bridgehead atoms. The highest BCUT2D eigenvalue weighted by molar-refractivity contribution is 5.37. The fraction of sp³-hybridized carbons (Fsp3) is 0.400. The second-order valence-corrected chi connectivity index (χ2v) is 9.96. The van der Waals surface area contributed by atoms with E-state index in [1.165, 1.54) is 59.3 Å². The van der Waals surface area contributed by atoms with Crippen molar-refractivity contribution in [3.63, 3.8) is 0 Å². The molecular weight excluding hydrogens is 388 g/mol. The largest absolute Gasteiger partial charge is 0.296 e. The van der Waals surface area contributed by atoms with Crippen LogP contribution in [0.25, 0.3) is 0 Å². The summed E-state index contributed by atoms with van der Waals surface area (Å²) in [5.74, 6) is 0.404. The van der Waals surface area contributed by atoms with E-state index in [4.69, 9.17) is 0 Å². The van der Waals surface area contributed by atoms with Gasteiger partial charge in [-0.05, 0) is 73.5 Å². The van der Waals surface area contributed by atoms with Crippen LogP contribution in [0.15, 0.2) is 72.8 Å². The van der Waals surface area contributed by atoms with Crippen LogP contribution in [-0.2, 0) is 6.54 Å². The van der Waals surface area contributed by atoms with Gasteiger partial charge in [-0.3, -0.25) is 9.80 Å². The molecule has 0 amide bonds. The molecule has 2 heteroatoms. The van der Waals surface area contributed by atoms with Crippen LogP contribution >= 0.6 is 0 Å². The van der Waals surface area contributed by atoms with Crippen molar-refractivity contribution in [1.29, 1.82) is 0 Å². The highest BCUT2D eigenvalue weighted by atomic mass is 15.3. The Morgan fingerprint density at radius 3 is 2.06 bits per heavy atom. The fourth-order valence-corrected chi connectivity index (χ4v) is 6.05. The van der Waals surface area contributed by atoms with Crippen LogP contribution in [0.2, 0.25) is 0 Å². The molecular formula is C30H36N2. The maximum absolute atomic E-state index is 2.84. The van der Waals surface area contributed by atoms with Crippen LogP contribution in [0.1, 0.15) is 52.1 Å². The van der Waals surface area contributed by atoms with Gasteiger partial charge in [-0.1, -0.05) is 72.8 Å². The molecule has 2 fully saturated rings. The number of hydrogen-bond acceptors (Lipinski definition) is 2. The summed E-state index contributed by atoms with van der Waals surface area (Å²) in [5, 5.41) is 0. The van der Waals surface area contributed by atoms with Crippen molar-refractivity contribution in [2.45, 2.75) is 58.2 Å². The molecule has 166 valence electrons. The Labute approximate surface area is 193 Å². The van der Waals surface area contributed by atoms with Gasteiger partial charge in [0.15, 0.2) is 0 Å². The quantitative estimate of drug-likeness (QED) is 0.489. The van der Waals surface area contributed by atoms with Gasteiger partial charge in [0.25, 0.3) is 0 Å². The highest BCUT2D eigenvalue weighted by Gasteiger charge is 2.41. The first-order valence-corrected chi connectivity index (χ1v) is 12.2. The molecule has 0 radical (unpaired) electrons. The maximum atomic E-state index is 2.84. The van der Waals surface area contributed by atoms with Gasteiger partial charge in [0.2, 0.25) is 0 Å². The zero-order valence-corrected chi connectivity index (χ0v) is 19.8. The summed E-state index contributed by atoms with van der Waals surface area (Å²) in [5.41, 5.74) is 8.62. The molecule has 0 N–H and O–H groups in total. The molecule has 0 spiro atoms. The van der Waals surface area contributed by atoms with Gasteiger partial charge in [0, 0.05) is 37.6 Å². The Morgan fingerprint density at radius 1 is 0.781 bits per heavy atom. The Kier molecular flexibility index (Phi) is 6.17. The lowest BCUT2D eigenvalue weighted by Crippen LogP contribution is -2.57. The second-order valence-electron chi connectivity index (χ2n) is 9.96. The number of benzene rings is 3. The Hall–Kier alpha value is -2.42. The second kappa shape index (κ2) is 9.21. The molecule has 2 aliphatic rings. The van der Waals surface area contributed by atoms with Gasteiger partial charge >= 0.3 is 0 Å². The highest BCUT2D eigenvalue weighted by Crippen LogP contribution is 2.38. The summed E-state index contributed by atoms with van der Waals surface area (Å²) in [7, 11) is 0. The summed E-state index contributed by atoms with van der Waals surface area (Å²) in [4.78, 5) is 5.58. The molecule has 2 atom stereocenters. The van der Waals surface area contributed by atoms with Crippen LogP contribution in [0.3, 0.4) is 0 Å². The van der Waals surface area contributed by atoms with Crippen molar-refractivity contribution in [3.8, 4) is 0 Å². The van der Waals surface area contributed by atoms with Gasteiger partial charge in [-0.2, -0.15) is 0 Å². The molecule has 0 saturated carbocycles. The molecule has 32 heavy (non-hydrogen) atoms. The van der Waals surface area contributed by atoms with E-state index in [0.717, 1.165) is 13.1 Å². The van der Waals surface area contributed by atoms with Gasteiger partial charge in [-0.25, -0.2) is 0 Å². The number of fused-ring (bicyclic) bond motifs is 1. The first kappa shape index (κ1) is 21.4. The minimum Gasteiger partial charge on any atom is -0.296 e. The lowest BCUT2D eigenvalue weighted by atomic mass is 9.82. The van der Waals surface area contributed by atoms with E-state index in [2.05, 4.69) is 103 Å². The first-order chi connectivity index (χ1) is 15.6. The maximum Gasteiger partial charge on any atom is 0.0336 e. The van der Waals surface area contributed by atoms with Crippen molar-refractivity contribution in [2.75, 3.05) is 19.6 Å². The van der Waals surface area contributed by atoms with Crippen LogP contribution in [0, 0.1) is 20.8 Å². The molecule has 2 saturated heterocycles. The summed E-state index contributed by atoms with van der Waals surface area (Å²) in [6.07, 6.45) is 2.66. The Bertz CT molecular complexity index is 1000. The average Bonchev–Trinajstić information content (AvgIpc) is 3.28. The monoisotopic (exact) mass is 424 g/mol. The zero-order chi connectivity index (χ0) is 22.1. The topological polar surface area (TPSA) is 6.48 Å². The van der Waals surface area contributed by atoms with E-state index in [1.807, 2.05) is 0 Å². The molecule has 0 aliphatic carbocycles. The fourth-order valence-electron chi connectivity index (χ4n) is 6.05. The standard InChI is InChI=1S/C30H36N2/c1-22-17-24(3)27(18-23(22)2)19-31-20-28-15-10-16-32(28)29(21-31)30(25-11-6-4-7-12-25)26-13-8-5-9-14-26/h4-9,11-14,17-18,28-30H,10,15-16,19-21H2,1-3H3/t28-,29-/m0/s1. The van der Waals surface area contributed by atoms with Crippen molar-refractivity contribution < 1.29 is 0 Å². The Balaban J connectivity index is 1.49. The number of aryl methyl sites for hydroxylation is 3. The van der Waals surface area contributed by atoms with Crippen molar-refractivity contribution in [2.24, 2.45) is 0 Å². The summed E-state index contributed by atoms with van der Waals surface area (Å²) >= 11 is 0. The van der Waals surface area contributed by atoms with Crippen molar-refractivity contribution in [1.82, 2.24) is 9.80 Å². The molecule has 5 rings (SSSR count). The zero-order valence-electron chi connectivity index (χ0n) is 19.8. The number of hydrogen-bond donors (Lipinski definition) is 0. The van der Waals surface area contributed by atoms with E-state index < -0.39 is 0 Å². The lowest BCUT2D eigenvalue weighted by Gasteiger charge is -2.47. The predicted molar refractivity (Wildman–Crippen MR) is 134 cm³/mol. The molecule has 0 unspecified atom stereocenters. The van der Waals surface area contributed by atoms with Gasteiger partial charge in [-0.15, -0.1) is 0 Å². The molecule has 2 aliphatic heterocycles. The smallest absolute Gasteiger partial charge is 0.0336 e. The van der Waals surface area contributed by atoms with Gasteiger partial charge in [0.1, 0.15) is 0 Å². The normalized spacial score (nSPS) is 21.8. The molecule has 3 aromatic rings. The van der Waals surface area contributed by atoms with E-state index in [0.29, 0.717) is 18.0 Å². The number of rotatable bonds is 5. The van der Waals surface area contributed by atoms with E-state index in [-0.39, 0.29) is 0 Å². The predicted octanol–water partition coefficient (Wildman–Crippen LogP) is 6.09. The van der Waals surface area contributed by atoms with E-state index in [9.17, 15) is 0 Å². The summed E-state index contributed by atoms with van der Waals surface area (Å²) in [6, 6.07) is 28.4. The molecule has 2 heterocycles. The number of nitrogens with zero attached hydrogens (tertiary/aromatic N) is 2. The molecule has 3 aromatic carbocycles. The SMILES string of the molecule is Cc1cc(C)c(CN2C[C@@H]3CCCN3[C@H](C(c3ccccc3)c3ccccc3)C2)cc1C. The van der Waals surface area contributed by atoms with Crippen LogP contribution in [0.5, 0.6) is 0 Å². The van der Waals surface area contributed by atoms with Gasteiger partial charge in [0.05, 0.1) is 0 Å². The van der Waals surface area contributed by atoms with Crippen LogP contribution in [0.4, 0.5) is 0 Å². The number of piperazine rings is 1. The lowest BCUT2D eigenvalue weighted by molar-refractivity contribution is 0.0383. The van der Waals surface area contributed by atoms with E-state index in [1.54, 1.807) is 0 Å². The molecule has 0 aromatic heterocycles. The average molecular weight is 425 g/mol. The summed E-state index contributed by atoms with van der Waals surface area (Å²) < 4.78 is 0. The van der Waals surface area contributed by atoms with Crippen LogP contribution < -0.4 is 0 Å². The minimum absolute atomic E-state index is 0.404.